The molecule has 3 aromatic rings. The molecule has 2 aromatic carbocycles. The Bertz CT molecular complexity index is 1040. The molecule has 2 heterocycles. The van der Waals surface area contributed by atoms with Gasteiger partial charge in [-0.05, 0) is 30.7 Å². The number of hydrogen-bond donors (Lipinski definition) is 1. The van der Waals surface area contributed by atoms with Crippen molar-refractivity contribution in [2.24, 2.45) is 0 Å². The van der Waals surface area contributed by atoms with Gasteiger partial charge in [-0.15, -0.1) is 0 Å². The molecule has 0 bridgehead atoms. The standard InChI is InChI=1S/C18H11ClN2O4/c1-9-10-7-4-8-13(19)15(10)20-14(9)18(24)25-21-16(22)11-5-2-3-6-12(11)17(21)23/h2-8,20H,1H3. The van der Waals surface area contributed by atoms with Crippen LogP contribution >= 0.6 is 11.6 Å². The molecule has 0 saturated heterocycles. The van der Waals surface area contributed by atoms with E-state index < -0.39 is 17.8 Å². The van der Waals surface area contributed by atoms with Gasteiger partial charge in [-0.25, -0.2) is 4.79 Å². The van der Waals surface area contributed by atoms with Crippen LogP contribution in [0.25, 0.3) is 10.9 Å². The first-order valence-corrected chi connectivity index (χ1v) is 7.83. The maximum atomic E-state index is 12.5. The van der Waals surface area contributed by atoms with E-state index in [9.17, 15) is 14.4 Å². The number of hydrogen-bond acceptors (Lipinski definition) is 4. The number of rotatable bonds is 2. The van der Waals surface area contributed by atoms with Crippen LogP contribution in [0.1, 0.15) is 36.8 Å². The Hall–Kier alpha value is -3.12. The molecular formula is C18H11ClN2O4. The Balaban J connectivity index is 1.68. The number of aromatic nitrogens is 1. The van der Waals surface area contributed by atoms with Gasteiger partial charge < -0.3 is 9.82 Å². The molecule has 1 aliphatic heterocycles. The number of aryl methyl sites for hydroxylation is 1. The lowest BCUT2D eigenvalue weighted by molar-refractivity contribution is -0.0588. The number of imide groups is 1. The maximum Gasteiger partial charge on any atom is 0.380 e. The van der Waals surface area contributed by atoms with Crippen LogP contribution < -0.4 is 0 Å². The van der Waals surface area contributed by atoms with Crippen molar-refractivity contribution in [3.05, 3.63) is 69.9 Å². The van der Waals surface area contributed by atoms with Gasteiger partial charge in [0.25, 0.3) is 11.8 Å². The van der Waals surface area contributed by atoms with E-state index in [4.69, 9.17) is 16.4 Å². The summed E-state index contributed by atoms with van der Waals surface area (Å²) < 4.78 is 0. The Morgan fingerprint density at radius 1 is 1.04 bits per heavy atom. The number of para-hydroxylation sites is 1. The lowest BCUT2D eigenvalue weighted by atomic mass is 10.1. The highest BCUT2D eigenvalue weighted by Gasteiger charge is 2.39. The Kier molecular flexibility index (Phi) is 3.36. The molecule has 0 saturated carbocycles. The van der Waals surface area contributed by atoms with E-state index >= 15 is 0 Å². The Labute approximate surface area is 146 Å². The fraction of sp³-hybridized carbons (Fsp3) is 0.0556. The molecule has 7 heteroatoms. The van der Waals surface area contributed by atoms with Crippen molar-refractivity contribution in [2.45, 2.75) is 6.92 Å². The largest absolute Gasteiger partial charge is 0.380 e. The van der Waals surface area contributed by atoms with Gasteiger partial charge in [0, 0.05) is 5.39 Å². The Morgan fingerprint density at radius 3 is 2.28 bits per heavy atom. The van der Waals surface area contributed by atoms with Crippen LogP contribution in [-0.2, 0) is 4.84 Å². The van der Waals surface area contributed by atoms with Crippen LogP contribution in [0.5, 0.6) is 0 Å². The van der Waals surface area contributed by atoms with Gasteiger partial charge in [0.2, 0.25) is 0 Å². The van der Waals surface area contributed by atoms with E-state index in [1.165, 1.54) is 12.1 Å². The average molecular weight is 355 g/mol. The van der Waals surface area contributed by atoms with Gasteiger partial charge in [-0.1, -0.05) is 40.9 Å². The summed E-state index contributed by atoms with van der Waals surface area (Å²) in [7, 11) is 0. The number of fused-ring (bicyclic) bond motifs is 2. The molecule has 6 nitrogen and oxygen atoms in total. The number of amides is 2. The van der Waals surface area contributed by atoms with Crippen LogP contribution in [0.3, 0.4) is 0 Å². The molecule has 4 rings (SSSR count). The predicted octanol–water partition coefficient (Wildman–Crippen LogP) is 3.50. The lowest BCUT2D eigenvalue weighted by Crippen LogP contribution is -2.33. The van der Waals surface area contributed by atoms with Gasteiger partial charge in [-0.3, -0.25) is 9.59 Å². The summed E-state index contributed by atoms with van der Waals surface area (Å²) in [4.78, 5) is 45.0. The second-order valence-electron chi connectivity index (χ2n) is 5.62. The number of hydroxylamine groups is 2. The predicted molar refractivity (Wildman–Crippen MR) is 90.4 cm³/mol. The molecule has 0 atom stereocenters. The van der Waals surface area contributed by atoms with Crippen LogP contribution in [0.2, 0.25) is 5.02 Å². The first-order chi connectivity index (χ1) is 12.0. The SMILES string of the molecule is Cc1c(C(=O)ON2C(=O)c3ccccc3C2=O)[nH]c2c(Cl)cccc12. The first kappa shape index (κ1) is 15.4. The van der Waals surface area contributed by atoms with Crippen molar-refractivity contribution in [3.8, 4) is 0 Å². The van der Waals surface area contributed by atoms with Crippen molar-refractivity contribution < 1.29 is 19.2 Å². The monoisotopic (exact) mass is 354 g/mol. The van der Waals surface area contributed by atoms with E-state index in [-0.39, 0.29) is 16.8 Å². The van der Waals surface area contributed by atoms with E-state index in [2.05, 4.69) is 4.98 Å². The van der Waals surface area contributed by atoms with Crippen molar-refractivity contribution >= 4 is 40.3 Å². The molecule has 0 fully saturated rings. The third-order valence-electron chi connectivity index (χ3n) is 4.18. The van der Waals surface area contributed by atoms with Crippen LogP contribution in [0.15, 0.2) is 42.5 Å². The molecule has 0 spiro atoms. The normalized spacial score (nSPS) is 13.4. The molecule has 1 aliphatic rings. The number of halogens is 1. The smallest absolute Gasteiger partial charge is 0.348 e. The number of benzene rings is 2. The minimum absolute atomic E-state index is 0.139. The molecule has 0 unspecified atom stereocenters. The summed E-state index contributed by atoms with van der Waals surface area (Å²) in [5.41, 5.74) is 1.77. The minimum Gasteiger partial charge on any atom is -0.348 e. The first-order valence-electron chi connectivity index (χ1n) is 7.46. The molecule has 1 aromatic heterocycles. The van der Waals surface area contributed by atoms with E-state index in [0.717, 1.165) is 5.39 Å². The van der Waals surface area contributed by atoms with Gasteiger partial charge in [0.05, 0.1) is 21.7 Å². The number of carbonyl (C=O) groups excluding carboxylic acids is 3. The zero-order chi connectivity index (χ0) is 17.7. The van der Waals surface area contributed by atoms with Crippen molar-refractivity contribution in [2.75, 3.05) is 0 Å². The molecule has 25 heavy (non-hydrogen) atoms. The van der Waals surface area contributed by atoms with Crippen LogP contribution in [0, 0.1) is 6.92 Å². The molecular weight excluding hydrogens is 344 g/mol. The molecule has 1 N–H and O–H groups in total. The highest BCUT2D eigenvalue weighted by Crippen LogP contribution is 2.29. The third kappa shape index (κ3) is 2.22. The van der Waals surface area contributed by atoms with Gasteiger partial charge >= 0.3 is 5.97 Å². The molecule has 0 radical (unpaired) electrons. The summed E-state index contributed by atoms with van der Waals surface area (Å²) in [6.45, 7) is 1.73. The highest BCUT2D eigenvalue weighted by atomic mass is 35.5. The number of nitrogens with one attached hydrogen (secondary N) is 1. The second-order valence-corrected chi connectivity index (χ2v) is 6.02. The zero-order valence-corrected chi connectivity index (χ0v) is 13.8. The lowest BCUT2D eigenvalue weighted by Gasteiger charge is -2.12. The quantitative estimate of drug-likeness (QED) is 0.714. The maximum absolute atomic E-state index is 12.5. The van der Waals surface area contributed by atoms with E-state index in [1.54, 1.807) is 31.2 Å². The van der Waals surface area contributed by atoms with Crippen molar-refractivity contribution in [1.29, 1.82) is 0 Å². The summed E-state index contributed by atoms with van der Waals surface area (Å²) in [5.74, 6) is -2.17. The number of aromatic amines is 1. The number of H-pyrrole nitrogens is 1. The fourth-order valence-corrected chi connectivity index (χ4v) is 3.12. The summed E-state index contributed by atoms with van der Waals surface area (Å²) in [5, 5.41) is 1.71. The fourth-order valence-electron chi connectivity index (χ4n) is 2.90. The van der Waals surface area contributed by atoms with Gasteiger partial charge in [0.1, 0.15) is 5.69 Å². The van der Waals surface area contributed by atoms with Crippen LogP contribution in [0.4, 0.5) is 0 Å². The zero-order valence-electron chi connectivity index (χ0n) is 13.0. The van der Waals surface area contributed by atoms with E-state index in [0.29, 0.717) is 21.2 Å². The summed E-state index contributed by atoms with van der Waals surface area (Å²) in [6.07, 6.45) is 0. The average Bonchev–Trinajstić information content (AvgIpc) is 3.07. The van der Waals surface area contributed by atoms with E-state index in [1.807, 2.05) is 6.07 Å². The number of carbonyl (C=O) groups is 3. The topological polar surface area (TPSA) is 79.5 Å². The summed E-state index contributed by atoms with van der Waals surface area (Å²) in [6, 6.07) is 11.6. The molecule has 124 valence electrons. The van der Waals surface area contributed by atoms with Crippen molar-refractivity contribution in [3.63, 3.8) is 0 Å². The van der Waals surface area contributed by atoms with Gasteiger partial charge in [-0.2, -0.15) is 0 Å². The molecule has 2 amide bonds. The second kappa shape index (κ2) is 5.46. The highest BCUT2D eigenvalue weighted by molar-refractivity contribution is 6.35. The molecule has 0 aliphatic carbocycles. The minimum atomic E-state index is -0.834. The van der Waals surface area contributed by atoms with Gasteiger partial charge in [0.15, 0.2) is 0 Å². The Morgan fingerprint density at radius 2 is 1.68 bits per heavy atom. The summed E-state index contributed by atoms with van der Waals surface area (Å²) >= 11 is 6.12. The third-order valence-corrected chi connectivity index (χ3v) is 4.49. The number of nitrogens with zero attached hydrogens (tertiary/aromatic N) is 1. The van der Waals surface area contributed by atoms with Crippen LogP contribution in [-0.4, -0.2) is 27.8 Å². The van der Waals surface area contributed by atoms with Crippen molar-refractivity contribution in [1.82, 2.24) is 10.0 Å².